The van der Waals surface area contributed by atoms with E-state index in [1.165, 1.54) is 0 Å². The van der Waals surface area contributed by atoms with Crippen molar-refractivity contribution in [3.8, 4) is 5.75 Å². The van der Waals surface area contributed by atoms with E-state index in [2.05, 4.69) is 4.99 Å². The van der Waals surface area contributed by atoms with Gasteiger partial charge in [0.2, 0.25) is 0 Å². The lowest BCUT2D eigenvalue weighted by Crippen LogP contribution is -2.37. The van der Waals surface area contributed by atoms with Gasteiger partial charge in [-0.15, -0.1) is 0 Å². The maximum absolute atomic E-state index is 11.5. The molecule has 0 radical (unpaired) electrons. The average Bonchev–Trinajstić information content (AvgIpc) is 2.28. The Morgan fingerprint density at radius 1 is 1.47 bits per heavy atom. The van der Waals surface area contributed by atoms with Gasteiger partial charge in [0.15, 0.2) is 5.78 Å². The Hall–Kier alpha value is -1.81. The van der Waals surface area contributed by atoms with E-state index in [0.717, 1.165) is 0 Å². The van der Waals surface area contributed by atoms with Crippen LogP contribution in [-0.2, 0) is 4.79 Å². The number of rotatable bonds is 0. The number of hydrogen-bond donors (Lipinski definition) is 1. The zero-order valence-electron chi connectivity index (χ0n) is 8.81. The van der Waals surface area contributed by atoms with Crippen LogP contribution in [-0.4, -0.2) is 17.6 Å². The van der Waals surface area contributed by atoms with Gasteiger partial charge < -0.3 is 10.5 Å². The number of nitrogens with two attached hydrogens (primary N) is 1. The maximum Gasteiger partial charge on any atom is 0.182 e. The highest BCUT2D eigenvalue weighted by Crippen LogP contribution is 2.36. The third-order valence-electron chi connectivity index (χ3n) is 2.77. The molecule has 86 valence electrons. The lowest BCUT2D eigenvalue weighted by atomic mass is 9.97. The lowest BCUT2D eigenvalue weighted by molar-refractivity contribution is -0.116. The summed E-state index contributed by atoms with van der Waals surface area (Å²) in [6.07, 6.45) is 1.46. The molecule has 5 heteroatoms. The molecule has 2 N–H and O–H groups in total. The molecule has 0 saturated heterocycles. The van der Waals surface area contributed by atoms with Gasteiger partial charge in [0.25, 0.3) is 0 Å². The molecule has 0 bridgehead atoms. The van der Waals surface area contributed by atoms with Gasteiger partial charge in [-0.05, 0) is 18.2 Å². The molecule has 1 aromatic carbocycles. The number of ether oxygens (including phenoxy) is 1. The van der Waals surface area contributed by atoms with Crippen molar-refractivity contribution < 1.29 is 9.53 Å². The van der Waals surface area contributed by atoms with Crippen LogP contribution in [0, 0.1) is 0 Å². The number of carbonyl (C=O) groups excluding carboxylic acids is 1. The van der Waals surface area contributed by atoms with Crippen molar-refractivity contribution in [2.24, 2.45) is 10.7 Å². The molecule has 0 spiro atoms. The standard InChI is InChI=1S/C12H9ClN2O2/c13-6-1-2-8-11(3-6)17-12-5-10(16)7(14)4-9(12)15-8/h1-4,12H,5,14H2. The van der Waals surface area contributed by atoms with E-state index in [1.54, 1.807) is 24.3 Å². The number of allylic oxidation sites excluding steroid dienone is 1. The zero-order chi connectivity index (χ0) is 12.0. The van der Waals surface area contributed by atoms with Gasteiger partial charge >= 0.3 is 0 Å². The first-order valence-electron chi connectivity index (χ1n) is 5.18. The molecule has 1 aliphatic heterocycles. The number of aliphatic imine (C=N–C) groups is 1. The van der Waals surface area contributed by atoms with Crippen LogP contribution in [0.25, 0.3) is 0 Å². The smallest absolute Gasteiger partial charge is 0.182 e. The average molecular weight is 249 g/mol. The van der Waals surface area contributed by atoms with E-state index >= 15 is 0 Å². The maximum atomic E-state index is 11.5. The van der Waals surface area contributed by atoms with Crippen LogP contribution in [0.15, 0.2) is 35.0 Å². The second kappa shape index (κ2) is 3.60. The molecule has 3 rings (SSSR count). The zero-order valence-corrected chi connectivity index (χ0v) is 9.57. The van der Waals surface area contributed by atoms with Crippen molar-refractivity contribution in [3.63, 3.8) is 0 Å². The fraction of sp³-hybridized carbons (Fsp3) is 0.167. The molecule has 17 heavy (non-hydrogen) atoms. The van der Waals surface area contributed by atoms with Crippen LogP contribution >= 0.6 is 11.6 Å². The predicted octanol–water partition coefficient (Wildman–Crippen LogP) is 1.99. The van der Waals surface area contributed by atoms with Crippen LogP contribution in [0.4, 0.5) is 5.69 Å². The molecule has 0 amide bonds. The molecule has 4 nitrogen and oxygen atoms in total. The van der Waals surface area contributed by atoms with E-state index < -0.39 is 0 Å². The first-order valence-corrected chi connectivity index (χ1v) is 5.56. The number of ketones is 1. The number of hydrogen-bond acceptors (Lipinski definition) is 4. The van der Waals surface area contributed by atoms with E-state index in [0.29, 0.717) is 22.2 Å². The van der Waals surface area contributed by atoms with Crippen LogP contribution in [0.3, 0.4) is 0 Å². The van der Waals surface area contributed by atoms with Crippen molar-refractivity contribution in [1.29, 1.82) is 0 Å². The molecule has 1 aromatic rings. The number of fused-ring (bicyclic) bond motifs is 2. The quantitative estimate of drug-likeness (QED) is 0.764. The first kappa shape index (κ1) is 10.4. The second-order valence-corrected chi connectivity index (χ2v) is 4.42. The van der Waals surface area contributed by atoms with Gasteiger partial charge in [-0.25, -0.2) is 4.99 Å². The Kier molecular flexibility index (Phi) is 2.19. The van der Waals surface area contributed by atoms with Crippen molar-refractivity contribution in [2.45, 2.75) is 12.5 Å². The fourth-order valence-electron chi connectivity index (χ4n) is 1.90. The highest BCUT2D eigenvalue weighted by atomic mass is 35.5. The van der Waals surface area contributed by atoms with Crippen LogP contribution in [0.2, 0.25) is 5.02 Å². The third-order valence-corrected chi connectivity index (χ3v) is 3.00. The Balaban J connectivity index is 2.09. The van der Waals surface area contributed by atoms with Crippen LogP contribution in [0.5, 0.6) is 5.75 Å². The van der Waals surface area contributed by atoms with Gasteiger partial charge in [-0.1, -0.05) is 11.6 Å². The Morgan fingerprint density at radius 2 is 2.29 bits per heavy atom. The third kappa shape index (κ3) is 1.70. The molecule has 1 unspecified atom stereocenters. The fourth-order valence-corrected chi connectivity index (χ4v) is 2.06. The van der Waals surface area contributed by atoms with Crippen molar-refractivity contribution >= 4 is 28.8 Å². The first-order chi connectivity index (χ1) is 8.13. The Labute approximate surface area is 103 Å². The monoisotopic (exact) mass is 248 g/mol. The summed E-state index contributed by atoms with van der Waals surface area (Å²) >= 11 is 5.88. The molecular weight excluding hydrogens is 240 g/mol. The Morgan fingerprint density at radius 3 is 3.12 bits per heavy atom. The van der Waals surface area contributed by atoms with Gasteiger partial charge in [-0.2, -0.15) is 0 Å². The van der Waals surface area contributed by atoms with Crippen molar-refractivity contribution in [3.05, 3.63) is 35.0 Å². The van der Waals surface area contributed by atoms with E-state index in [-0.39, 0.29) is 24.0 Å². The SMILES string of the molecule is NC1=CC2=Nc3ccc(Cl)cc3OC2CC1=O. The van der Waals surface area contributed by atoms with E-state index in [4.69, 9.17) is 22.1 Å². The second-order valence-electron chi connectivity index (χ2n) is 3.98. The number of halogens is 1. The summed E-state index contributed by atoms with van der Waals surface area (Å²) < 4.78 is 5.70. The molecule has 1 aliphatic carbocycles. The highest BCUT2D eigenvalue weighted by Gasteiger charge is 2.30. The van der Waals surface area contributed by atoms with Crippen molar-refractivity contribution in [2.75, 3.05) is 0 Å². The molecular formula is C12H9ClN2O2. The molecule has 1 heterocycles. The van der Waals surface area contributed by atoms with Gasteiger partial charge in [0, 0.05) is 11.1 Å². The summed E-state index contributed by atoms with van der Waals surface area (Å²) in [6, 6.07) is 5.22. The minimum Gasteiger partial charge on any atom is -0.481 e. The summed E-state index contributed by atoms with van der Waals surface area (Å²) in [4.78, 5) is 15.9. The van der Waals surface area contributed by atoms with Crippen molar-refractivity contribution in [1.82, 2.24) is 0 Å². The molecule has 0 fully saturated rings. The topological polar surface area (TPSA) is 64.7 Å². The summed E-state index contributed by atoms with van der Waals surface area (Å²) in [7, 11) is 0. The predicted molar refractivity (Wildman–Crippen MR) is 64.9 cm³/mol. The van der Waals surface area contributed by atoms with E-state index in [1.807, 2.05) is 0 Å². The highest BCUT2D eigenvalue weighted by molar-refractivity contribution is 6.30. The molecule has 0 aromatic heterocycles. The number of nitrogens with zero attached hydrogens (tertiary/aromatic N) is 1. The van der Waals surface area contributed by atoms with Gasteiger partial charge in [0.05, 0.1) is 17.8 Å². The normalized spacial score (nSPS) is 21.9. The Bertz CT molecular complexity index is 578. The number of benzene rings is 1. The summed E-state index contributed by atoms with van der Waals surface area (Å²) in [5.74, 6) is 0.493. The van der Waals surface area contributed by atoms with Gasteiger partial charge in [-0.3, -0.25) is 4.79 Å². The summed E-state index contributed by atoms with van der Waals surface area (Å²) in [6.45, 7) is 0. The van der Waals surface area contributed by atoms with Crippen LogP contribution in [0.1, 0.15) is 6.42 Å². The largest absolute Gasteiger partial charge is 0.481 e. The lowest BCUT2D eigenvalue weighted by Gasteiger charge is -2.27. The molecule has 2 aliphatic rings. The van der Waals surface area contributed by atoms with E-state index in [9.17, 15) is 4.79 Å². The number of Topliss-reactive ketones (excluding diaryl/α,β-unsaturated/α-hetero) is 1. The number of carbonyl (C=O) groups is 1. The molecule has 0 saturated carbocycles. The molecule has 1 atom stereocenters. The minimum atomic E-state index is -0.347. The van der Waals surface area contributed by atoms with Crippen LogP contribution < -0.4 is 10.5 Å². The van der Waals surface area contributed by atoms with Gasteiger partial charge in [0.1, 0.15) is 17.5 Å². The summed E-state index contributed by atoms with van der Waals surface area (Å²) in [5, 5.41) is 0.583. The summed E-state index contributed by atoms with van der Waals surface area (Å²) in [5.41, 5.74) is 7.22. The minimum absolute atomic E-state index is 0.112.